The number of halogens is 4. The average Bonchev–Trinajstić information content (AvgIpc) is 2.87. The molecule has 1 atom stereocenters. The van der Waals surface area contributed by atoms with Gasteiger partial charge >= 0.3 is 12.1 Å². The summed E-state index contributed by atoms with van der Waals surface area (Å²) in [5, 5.41) is 14.7. The van der Waals surface area contributed by atoms with E-state index in [-0.39, 0.29) is 22.8 Å². The smallest absolute Gasteiger partial charge is 0.445 e. The minimum Gasteiger partial charge on any atom is -0.481 e. The molecule has 1 heterocycles. The second kappa shape index (κ2) is 5.98. The van der Waals surface area contributed by atoms with Gasteiger partial charge in [-0.25, -0.2) is 0 Å². The fourth-order valence-corrected chi connectivity index (χ4v) is 2.56. The maximum absolute atomic E-state index is 12.5. The molecule has 0 aliphatic heterocycles. The van der Waals surface area contributed by atoms with E-state index >= 15 is 0 Å². The Morgan fingerprint density at radius 1 is 1.29 bits per heavy atom. The van der Waals surface area contributed by atoms with Gasteiger partial charge in [0.1, 0.15) is 10.9 Å². The highest BCUT2D eigenvalue weighted by Crippen LogP contribution is 2.34. The number of carbonyl (C=O) groups is 1. The van der Waals surface area contributed by atoms with Crippen LogP contribution in [0.25, 0.3) is 0 Å². The highest BCUT2D eigenvalue weighted by atomic mass is 35.5. The summed E-state index contributed by atoms with van der Waals surface area (Å²) in [6, 6.07) is 6.39. The molecular weight excluding hydrogens is 329 g/mol. The lowest BCUT2D eigenvalue weighted by Gasteiger charge is -2.09. The Morgan fingerprint density at radius 2 is 1.90 bits per heavy atom. The zero-order chi connectivity index (χ0) is 15.6. The van der Waals surface area contributed by atoms with Crippen molar-refractivity contribution in [1.29, 1.82) is 0 Å². The third-order valence-corrected chi connectivity index (χ3v) is 3.97. The van der Waals surface area contributed by atoms with E-state index in [4.69, 9.17) is 11.6 Å². The molecule has 4 nitrogen and oxygen atoms in total. The Kier molecular flexibility index (Phi) is 4.48. The van der Waals surface area contributed by atoms with Gasteiger partial charge in [0.25, 0.3) is 0 Å². The molecule has 0 aliphatic rings. The Morgan fingerprint density at radius 3 is 2.38 bits per heavy atom. The first-order valence-corrected chi connectivity index (χ1v) is 6.84. The van der Waals surface area contributed by atoms with E-state index in [2.05, 4.69) is 10.2 Å². The summed E-state index contributed by atoms with van der Waals surface area (Å²) in [5.74, 6) is -2.44. The lowest BCUT2D eigenvalue weighted by molar-refractivity contribution is -0.139. The number of alkyl halides is 3. The molecule has 1 aromatic heterocycles. The van der Waals surface area contributed by atoms with Gasteiger partial charge in [0.15, 0.2) is 0 Å². The molecule has 0 amide bonds. The number of carboxylic acid groups (broad SMARTS) is 1. The van der Waals surface area contributed by atoms with Crippen LogP contribution in [-0.4, -0.2) is 21.3 Å². The second-order valence-electron chi connectivity index (χ2n) is 4.16. The van der Waals surface area contributed by atoms with E-state index in [0.29, 0.717) is 10.6 Å². The Bertz CT molecular complexity index is 643. The number of aromatic nitrogens is 2. The first-order valence-electron chi connectivity index (χ1n) is 5.65. The van der Waals surface area contributed by atoms with Gasteiger partial charge in [-0.05, 0) is 24.1 Å². The van der Waals surface area contributed by atoms with Crippen LogP contribution in [0.4, 0.5) is 13.2 Å². The SMILES string of the molecule is O=C(O)C(Cc1ccc(Cl)cc1)c1nnc(C(F)(F)F)s1. The summed E-state index contributed by atoms with van der Waals surface area (Å²) in [5.41, 5.74) is 0.635. The van der Waals surface area contributed by atoms with Gasteiger partial charge in [0, 0.05) is 5.02 Å². The molecule has 0 saturated heterocycles. The molecule has 0 saturated carbocycles. The Balaban J connectivity index is 2.25. The first-order chi connectivity index (χ1) is 9.77. The van der Waals surface area contributed by atoms with Gasteiger partial charge in [-0.3, -0.25) is 4.79 Å². The van der Waals surface area contributed by atoms with Crippen molar-refractivity contribution in [2.75, 3.05) is 0 Å². The molecule has 1 unspecified atom stereocenters. The van der Waals surface area contributed by atoms with Crippen LogP contribution in [0.2, 0.25) is 5.02 Å². The maximum Gasteiger partial charge on any atom is 0.445 e. The van der Waals surface area contributed by atoms with Crippen LogP contribution in [0.1, 0.15) is 21.5 Å². The molecule has 9 heteroatoms. The molecular formula is C12H8ClF3N2O2S. The van der Waals surface area contributed by atoms with Gasteiger partial charge in [0.2, 0.25) is 5.01 Å². The summed E-state index contributed by atoms with van der Waals surface area (Å²) < 4.78 is 37.4. The summed E-state index contributed by atoms with van der Waals surface area (Å²) in [7, 11) is 0. The molecule has 1 aromatic carbocycles. The fourth-order valence-electron chi connectivity index (χ4n) is 1.63. The number of carboxylic acids is 1. The number of benzene rings is 1. The first kappa shape index (κ1) is 15.7. The lowest BCUT2D eigenvalue weighted by Crippen LogP contribution is -2.14. The summed E-state index contributed by atoms with van der Waals surface area (Å²) in [4.78, 5) is 11.3. The van der Waals surface area contributed by atoms with Crippen LogP contribution in [0.3, 0.4) is 0 Å². The largest absolute Gasteiger partial charge is 0.481 e. The third-order valence-electron chi connectivity index (χ3n) is 2.63. The number of hydrogen-bond acceptors (Lipinski definition) is 4. The molecule has 1 N–H and O–H groups in total. The van der Waals surface area contributed by atoms with Crippen molar-refractivity contribution < 1.29 is 23.1 Å². The number of hydrogen-bond donors (Lipinski definition) is 1. The predicted octanol–water partition coefficient (Wildman–Crippen LogP) is 3.62. The minimum atomic E-state index is -4.63. The highest BCUT2D eigenvalue weighted by Gasteiger charge is 2.37. The van der Waals surface area contributed by atoms with Crippen molar-refractivity contribution in [3.05, 3.63) is 44.9 Å². The molecule has 2 rings (SSSR count). The van der Waals surface area contributed by atoms with Crippen LogP contribution in [0, 0.1) is 0 Å². The van der Waals surface area contributed by atoms with Crippen LogP contribution >= 0.6 is 22.9 Å². The van der Waals surface area contributed by atoms with Crippen LogP contribution in [-0.2, 0) is 17.4 Å². The second-order valence-corrected chi connectivity index (χ2v) is 5.61. The van der Waals surface area contributed by atoms with E-state index in [1.807, 2.05) is 0 Å². The Hall–Kier alpha value is -1.67. The van der Waals surface area contributed by atoms with Gasteiger partial charge in [-0.1, -0.05) is 35.1 Å². The van der Waals surface area contributed by atoms with Crippen molar-refractivity contribution >= 4 is 28.9 Å². The summed E-state index contributed by atoms with van der Waals surface area (Å²) in [6.07, 6.45) is -4.61. The van der Waals surface area contributed by atoms with Crippen LogP contribution in [0.15, 0.2) is 24.3 Å². The van der Waals surface area contributed by atoms with Crippen LogP contribution < -0.4 is 0 Å². The van der Waals surface area contributed by atoms with E-state index in [9.17, 15) is 23.1 Å². The maximum atomic E-state index is 12.5. The van der Waals surface area contributed by atoms with Crippen molar-refractivity contribution in [3.8, 4) is 0 Å². The molecule has 21 heavy (non-hydrogen) atoms. The lowest BCUT2D eigenvalue weighted by atomic mass is 10.0. The minimum absolute atomic E-state index is 0.0129. The number of rotatable bonds is 4. The van der Waals surface area contributed by atoms with Crippen molar-refractivity contribution in [3.63, 3.8) is 0 Å². The van der Waals surface area contributed by atoms with E-state index < -0.39 is 23.1 Å². The standard InChI is InChI=1S/C12H8ClF3N2O2S/c13-7-3-1-6(2-4-7)5-8(10(19)20)9-17-18-11(21-9)12(14,15)16/h1-4,8H,5H2,(H,19,20). The number of aliphatic carboxylic acids is 1. The van der Waals surface area contributed by atoms with E-state index in [1.54, 1.807) is 24.3 Å². The topological polar surface area (TPSA) is 63.1 Å². The van der Waals surface area contributed by atoms with Gasteiger partial charge < -0.3 is 5.11 Å². The molecule has 0 aliphatic carbocycles. The van der Waals surface area contributed by atoms with Gasteiger partial charge in [-0.15, -0.1) is 10.2 Å². The summed E-state index contributed by atoms with van der Waals surface area (Å²) >= 11 is 5.96. The monoisotopic (exact) mass is 336 g/mol. The molecule has 0 fully saturated rings. The normalized spacial score (nSPS) is 13.1. The molecule has 0 spiro atoms. The zero-order valence-electron chi connectivity index (χ0n) is 10.3. The van der Waals surface area contributed by atoms with Crippen molar-refractivity contribution in [1.82, 2.24) is 10.2 Å². The third kappa shape index (κ3) is 3.92. The Labute approximate surface area is 126 Å². The fraction of sp³-hybridized carbons (Fsp3) is 0.250. The highest BCUT2D eigenvalue weighted by molar-refractivity contribution is 7.11. The molecule has 112 valence electrons. The van der Waals surface area contributed by atoms with Crippen molar-refractivity contribution in [2.45, 2.75) is 18.5 Å². The summed E-state index contributed by atoms with van der Waals surface area (Å²) in [6.45, 7) is 0. The quantitative estimate of drug-likeness (QED) is 0.926. The zero-order valence-corrected chi connectivity index (χ0v) is 11.8. The van der Waals surface area contributed by atoms with E-state index in [0.717, 1.165) is 0 Å². The molecule has 0 radical (unpaired) electrons. The predicted molar refractivity (Wildman–Crippen MR) is 70.4 cm³/mol. The van der Waals surface area contributed by atoms with Crippen LogP contribution in [0.5, 0.6) is 0 Å². The van der Waals surface area contributed by atoms with Crippen molar-refractivity contribution in [2.24, 2.45) is 0 Å². The molecule has 2 aromatic rings. The van der Waals surface area contributed by atoms with Gasteiger partial charge in [0.05, 0.1) is 0 Å². The van der Waals surface area contributed by atoms with E-state index in [1.165, 1.54) is 0 Å². The average molecular weight is 337 g/mol. The molecule has 0 bridgehead atoms. The number of nitrogens with zero attached hydrogens (tertiary/aromatic N) is 2. The van der Waals surface area contributed by atoms with Gasteiger partial charge in [-0.2, -0.15) is 13.2 Å².